The molecular formula is C12H13BrN2. The quantitative estimate of drug-likeness (QED) is 0.779. The summed E-state index contributed by atoms with van der Waals surface area (Å²) in [6, 6.07) is 10.6. The summed E-state index contributed by atoms with van der Waals surface area (Å²) in [4.78, 5) is 2.35. The first kappa shape index (κ1) is 10.5. The molecule has 2 nitrogen and oxygen atoms in total. The minimum Gasteiger partial charge on any atom is -0.371 e. The van der Waals surface area contributed by atoms with E-state index in [1.54, 1.807) is 0 Å². The maximum absolute atomic E-state index is 8.82. The van der Waals surface area contributed by atoms with Gasteiger partial charge in [-0.15, -0.1) is 0 Å². The van der Waals surface area contributed by atoms with E-state index in [0.717, 1.165) is 30.4 Å². The Kier molecular flexibility index (Phi) is 3.27. The van der Waals surface area contributed by atoms with Crippen molar-refractivity contribution >= 4 is 21.6 Å². The van der Waals surface area contributed by atoms with Gasteiger partial charge in [0.25, 0.3) is 0 Å². The second-order valence-electron chi connectivity index (χ2n) is 3.84. The number of anilines is 1. The van der Waals surface area contributed by atoms with Gasteiger partial charge in [-0.2, -0.15) is 5.26 Å². The molecule has 1 aliphatic rings. The van der Waals surface area contributed by atoms with Gasteiger partial charge in [0.05, 0.1) is 11.8 Å². The zero-order valence-corrected chi connectivity index (χ0v) is 10.1. The average molecular weight is 265 g/mol. The molecule has 1 fully saturated rings. The molecule has 0 spiro atoms. The highest BCUT2D eigenvalue weighted by molar-refractivity contribution is 9.10. The predicted octanol–water partition coefficient (Wildman–Crippen LogP) is 3.19. The molecule has 1 saturated heterocycles. The van der Waals surface area contributed by atoms with Crippen molar-refractivity contribution in [3.63, 3.8) is 0 Å². The Morgan fingerprint density at radius 2 is 1.93 bits per heavy atom. The molecule has 0 saturated carbocycles. The molecule has 1 aromatic carbocycles. The van der Waals surface area contributed by atoms with Gasteiger partial charge in [0.15, 0.2) is 0 Å². The molecule has 2 rings (SSSR count). The second kappa shape index (κ2) is 4.67. The van der Waals surface area contributed by atoms with Crippen LogP contribution in [-0.2, 0) is 0 Å². The molecule has 0 radical (unpaired) electrons. The fraction of sp³-hybridized carbons (Fsp3) is 0.417. The van der Waals surface area contributed by atoms with Crippen molar-refractivity contribution in [2.45, 2.75) is 12.8 Å². The summed E-state index contributed by atoms with van der Waals surface area (Å²) in [6.07, 6.45) is 1.97. The number of hydrogen-bond acceptors (Lipinski definition) is 2. The molecule has 15 heavy (non-hydrogen) atoms. The van der Waals surface area contributed by atoms with Crippen LogP contribution in [0.15, 0.2) is 28.7 Å². The Hall–Kier alpha value is -1.01. The second-order valence-corrected chi connectivity index (χ2v) is 4.70. The van der Waals surface area contributed by atoms with Gasteiger partial charge >= 0.3 is 0 Å². The van der Waals surface area contributed by atoms with Crippen LogP contribution < -0.4 is 4.90 Å². The molecule has 3 heteroatoms. The van der Waals surface area contributed by atoms with Gasteiger partial charge in [0, 0.05) is 23.5 Å². The summed E-state index contributed by atoms with van der Waals surface area (Å²) in [6.45, 7) is 1.97. The lowest BCUT2D eigenvalue weighted by atomic mass is 9.98. The van der Waals surface area contributed by atoms with Crippen molar-refractivity contribution in [3.8, 4) is 6.07 Å². The maximum Gasteiger partial charge on any atom is 0.0657 e. The molecule has 0 amide bonds. The van der Waals surface area contributed by atoms with E-state index in [0.29, 0.717) is 0 Å². The lowest BCUT2D eigenvalue weighted by molar-refractivity contribution is 0.487. The summed E-state index contributed by atoms with van der Waals surface area (Å²) >= 11 is 3.56. The summed E-state index contributed by atoms with van der Waals surface area (Å²) in [5, 5.41) is 8.82. The number of hydrogen-bond donors (Lipinski definition) is 0. The Morgan fingerprint density at radius 3 is 2.53 bits per heavy atom. The van der Waals surface area contributed by atoms with Crippen molar-refractivity contribution in [1.82, 2.24) is 0 Å². The fourth-order valence-electron chi connectivity index (χ4n) is 1.96. The SMILES string of the molecule is N#CC1CCN(c2ccccc2Br)CC1. The van der Waals surface area contributed by atoms with Crippen LogP contribution in [0.1, 0.15) is 12.8 Å². The first-order valence-electron chi connectivity index (χ1n) is 5.20. The van der Waals surface area contributed by atoms with Crippen LogP contribution in [0, 0.1) is 17.2 Å². The molecule has 0 aromatic heterocycles. The smallest absolute Gasteiger partial charge is 0.0657 e. The zero-order valence-electron chi connectivity index (χ0n) is 8.49. The Labute approximate surface area is 98.6 Å². The van der Waals surface area contributed by atoms with Crippen molar-refractivity contribution in [2.24, 2.45) is 5.92 Å². The summed E-state index contributed by atoms with van der Waals surface area (Å²) in [5.74, 6) is 0.253. The third-order valence-electron chi connectivity index (χ3n) is 2.87. The van der Waals surface area contributed by atoms with E-state index in [-0.39, 0.29) is 5.92 Å². The molecule has 1 aromatic rings. The summed E-state index contributed by atoms with van der Waals surface area (Å²) < 4.78 is 1.14. The number of rotatable bonds is 1. The normalized spacial score (nSPS) is 17.5. The van der Waals surface area contributed by atoms with Crippen molar-refractivity contribution in [3.05, 3.63) is 28.7 Å². The largest absolute Gasteiger partial charge is 0.371 e. The third-order valence-corrected chi connectivity index (χ3v) is 3.54. The first-order chi connectivity index (χ1) is 7.31. The minimum atomic E-state index is 0.253. The van der Waals surface area contributed by atoms with Crippen molar-refractivity contribution in [1.29, 1.82) is 5.26 Å². The van der Waals surface area contributed by atoms with E-state index in [9.17, 15) is 0 Å². The maximum atomic E-state index is 8.82. The molecule has 1 heterocycles. The molecule has 0 unspecified atom stereocenters. The molecule has 0 atom stereocenters. The van der Waals surface area contributed by atoms with Crippen LogP contribution in [0.25, 0.3) is 0 Å². The van der Waals surface area contributed by atoms with Gasteiger partial charge in [0.2, 0.25) is 0 Å². The van der Waals surface area contributed by atoms with E-state index in [1.165, 1.54) is 5.69 Å². The molecule has 78 valence electrons. The molecule has 0 N–H and O–H groups in total. The van der Waals surface area contributed by atoms with Crippen LogP contribution in [0.2, 0.25) is 0 Å². The number of para-hydroxylation sites is 1. The standard InChI is InChI=1S/C12H13BrN2/c13-11-3-1-2-4-12(11)15-7-5-10(9-14)6-8-15/h1-4,10H,5-8H2. The number of piperidine rings is 1. The number of halogens is 1. The predicted molar refractivity (Wildman–Crippen MR) is 64.7 cm³/mol. The van der Waals surface area contributed by atoms with Crippen molar-refractivity contribution in [2.75, 3.05) is 18.0 Å². The highest BCUT2D eigenvalue weighted by Crippen LogP contribution is 2.29. The van der Waals surface area contributed by atoms with E-state index in [4.69, 9.17) is 5.26 Å². The zero-order chi connectivity index (χ0) is 10.7. The van der Waals surface area contributed by atoms with Gasteiger partial charge in [-0.3, -0.25) is 0 Å². The van der Waals surface area contributed by atoms with E-state index in [2.05, 4.69) is 45.1 Å². The van der Waals surface area contributed by atoms with Crippen LogP contribution in [0.5, 0.6) is 0 Å². The van der Waals surface area contributed by atoms with Gasteiger partial charge in [-0.25, -0.2) is 0 Å². The van der Waals surface area contributed by atoms with Gasteiger partial charge in [-0.05, 0) is 40.9 Å². The van der Waals surface area contributed by atoms with E-state index >= 15 is 0 Å². The number of nitrogens with zero attached hydrogens (tertiary/aromatic N) is 2. The van der Waals surface area contributed by atoms with Crippen LogP contribution in [0.3, 0.4) is 0 Å². The monoisotopic (exact) mass is 264 g/mol. The molecule has 1 aliphatic heterocycles. The Morgan fingerprint density at radius 1 is 1.27 bits per heavy atom. The number of benzene rings is 1. The van der Waals surface area contributed by atoms with Crippen molar-refractivity contribution < 1.29 is 0 Å². The van der Waals surface area contributed by atoms with Gasteiger partial charge in [0.1, 0.15) is 0 Å². The molecule has 0 bridgehead atoms. The first-order valence-corrected chi connectivity index (χ1v) is 5.99. The van der Waals surface area contributed by atoms with Crippen LogP contribution in [-0.4, -0.2) is 13.1 Å². The topological polar surface area (TPSA) is 27.0 Å². The van der Waals surface area contributed by atoms with Gasteiger partial charge < -0.3 is 4.90 Å². The highest BCUT2D eigenvalue weighted by Gasteiger charge is 2.19. The van der Waals surface area contributed by atoms with E-state index < -0.39 is 0 Å². The lowest BCUT2D eigenvalue weighted by Crippen LogP contribution is -2.33. The molecule has 0 aliphatic carbocycles. The van der Waals surface area contributed by atoms with Crippen LogP contribution in [0.4, 0.5) is 5.69 Å². The fourth-order valence-corrected chi connectivity index (χ4v) is 2.49. The van der Waals surface area contributed by atoms with Crippen LogP contribution >= 0.6 is 15.9 Å². The summed E-state index contributed by atoms with van der Waals surface area (Å²) in [5.41, 5.74) is 1.24. The third kappa shape index (κ3) is 2.32. The highest BCUT2D eigenvalue weighted by atomic mass is 79.9. The summed E-state index contributed by atoms with van der Waals surface area (Å²) in [7, 11) is 0. The number of nitriles is 1. The Balaban J connectivity index is 2.08. The average Bonchev–Trinajstić information content (AvgIpc) is 2.30. The van der Waals surface area contributed by atoms with E-state index in [1.807, 2.05) is 6.07 Å². The van der Waals surface area contributed by atoms with Gasteiger partial charge in [-0.1, -0.05) is 12.1 Å². The Bertz CT molecular complexity index is 375. The molecular weight excluding hydrogens is 252 g/mol. The lowest BCUT2D eigenvalue weighted by Gasteiger charge is -2.31. The minimum absolute atomic E-state index is 0.253.